The first-order chi connectivity index (χ1) is 12.6. The lowest BCUT2D eigenvalue weighted by molar-refractivity contribution is 0.100. The van der Waals surface area contributed by atoms with E-state index in [0.717, 1.165) is 27.3 Å². The Morgan fingerprint density at radius 2 is 1.77 bits per heavy atom. The first-order valence-corrected chi connectivity index (χ1v) is 8.91. The van der Waals surface area contributed by atoms with Crippen LogP contribution >= 0.6 is 11.3 Å². The number of primary amides is 1. The molecule has 6 heteroatoms. The number of benzene rings is 2. The van der Waals surface area contributed by atoms with Crippen molar-refractivity contribution in [2.45, 2.75) is 6.92 Å². The number of carbonyl (C=O) groups is 1. The van der Waals surface area contributed by atoms with Crippen LogP contribution in [-0.4, -0.2) is 15.9 Å². The van der Waals surface area contributed by atoms with Crippen molar-refractivity contribution >= 4 is 39.0 Å². The van der Waals surface area contributed by atoms with Crippen LogP contribution in [0.15, 0.2) is 60.9 Å². The van der Waals surface area contributed by atoms with Crippen molar-refractivity contribution in [2.75, 3.05) is 5.32 Å². The van der Waals surface area contributed by atoms with E-state index >= 15 is 0 Å². The lowest BCUT2D eigenvalue weighted by Gasteiger charge is -2.08. The molecule has 0 aliphatic heterocycles. The Kier molecular flexibility index (Phi) is 4.10. The second kappa shape index (κ2) is 6.57. The minimum Gasteiger partial charge on any atom is -0.366 e. The molecule has 128 valence electrons. The molecule has 26 heavy (non-hydrogen) atoms. The van der Waals surface area contributed by atoms with Crippen LogP contribution in [0.25, 0.3) is 20.7 Å². The maximum Gasteiger partial charge on any atom is 0.248 e. The summed E-state index contributed by atoms with van der Waals surface area (Å²) < 4.78 is 0. The van der Waals surface area contributed by atoms with Crippen LogP contribution in [0.1, 0.15) is 15.9 Å². The van der Waals surface area contributed by atoms with Gasteiger partial charge in [-0.3, -0.25) is 4.79 Å². The summed E-state index contributed by atoms with van der Waals surface area (Å²) in [4.78, 5) is 22.2. The molecule has 4 aromatic rings. The molecule has 0 aliphatic rings. The predicted octanol–water partition coefficient (Wildman–Crippen LogP) is 4.51. The molecule has 2 aromatic carbocycles. The summed E-state index contributed by atoms with van der Waals surface area (Å²) in [6.45, 7) is 2.09. The minimum absolute atomic E-state index is 0.442. The number of nitrogens with one attached hydrogen (secondary N) is 1. The van der Waals surface area contributed by atoms with E-state index in [9.17, 15) is 4.79 Å². The summed E-state index contributed by atoms with van der Waals surface area (Å²) in [6.07, 6.45) is 1.56. The Hall–Kier alpha value is -3.25. The zero-order chi connectivity index (χ0) is 18.1. The van der Waals surface area contributed by atoms with Gasteiger partial charge in [0.25, 0.3) is 0 Å². The van der Waals surface area contributed by atoms with Gasteiger partial charge in [-0.15, -0.1) is 11.3 Å². The van der Waals surface area contributed by atoms with E-state index in [2.05, 4.69) is 34.3 Å². The highest BCUT2D eigenvalue weighted by Crippen LogP contribution is 2.40. The molecule has 4 rings (SSSR count). The Labute approximate surface area is 154 Å². The Balaban J connectivity index is 1.76. The van der Waals surface area contributed by atoms with Crippen molar-refractivity contribution in [2.24, 2.45) is 5.73 Å². The number of aromatic nitrogens is 2. The third-order valence-electron chi connectivity index (χ3n) is 4.19. The van der Waals surface area contributed by atoms with Gasteiger partial charge in [-0.25, -0.2) is 9.97 Å². The van der Waals surface area contributed by atoms with E-state index in [1.807, 2.05) is 30.3 Å². The number of nitrogens with two attached hydrogens (primary N) is 1. The van der Waals surface area contributed by atoms with Crippen LogP contribution in [0, 0.1) is 6.92 Å². The molecule has 0 bridgehead atoms. The van der Waals surface area contributed by atoms with Gasteiger partial charge in [0, 0.05) is 16.1 Å². The molecule has 2 aromatic heterocycles. The first kappa shape index (κ1) is 16.2. The van der Waals surface area contributed by atoms with E-state index in [-0.39, 0.29) is 0 Å². The molecule has 0 unspecified atom stereocenters. The smallest absolute Gasteiger partial charge is 0.248 e. The molecular weight excluding hydrogens is 344 g/mol. The van der Waals surface area contributed by atoms with Crippen molar-refractivity contribution < 1.29 is 4.79 Å². The molecule has 5 nitrogen and oxygen atoms in total. The summed E-state index contributed by atoms with van der Waals surface area (Å²) in [6, 6.07) is 17.3. The fraction of sp³-hybridized carbons (Fsp3) is 0.0500. The van der Waals surface area contributed by atoms with Crippen molar-refractivity contribution in [3.8, 4) is 10.4 Å². The molecule has 0 fully saturated rings. The van der Waals surface area contributed by atoms with Crippen LogP contribution in [0.4, 0.5) is 11.5 Å². The summed E-state index contributed by atoms with van der Waals surface area (Å²) in [5, 5.41) is 4.33. The highest BCUT2D eigenvalue weighted by Gasteiger charge is 2.15. The summed E-state index contributed by atoms with van der Waals surface area (Å²) in [5.41, 5.74) is 8.92. The third-order valence-corrected chi connectivity index (χ3v) is 5.44. The van der Waals surface area contributed by atoms with E-state index in [4.69, 9.17) is 5.73 Å². The fourth-order valence-corrected chi connectivity index (χ4v) is 4.04. The highest BCUT2D eigenvalue weighted by atomic mass is 32.1. The maximum atomic E-state index is 11.2. The number of aryl methyl sites for hydroxylation is 1. The monoisotopic (exact) mass is 360 g/mol. The molecule has 2 heterocycles. The van der Waals surface area contributed by atoms with Crippen molar-refractivity contribution in [3.05, 3.63) is 72.1 Å². The Morgan fingerprint density at radius 1 is 1.04 bits per heavy atom. The van der Waals surface area contributed by atoms with Crippen molar-refractivity contribution in [3.63, 3.8) is 0 Å². The SMILES string of the molecule is Cc1c(-c2ccccc2)sc2ncnc(Nc3ccc(C(N)=O)cc3)c12. The van der Waals surface area contributed by atoms with E-state index in [0.29, 0.717) is 5.56 Å². The fourth-order valence-electron chi connectivity index (χ4n) is 2.89. The van der Waals surface area contributed by atoms with Crippen molar-refractivity contribution in [1.29, 1.82) is 0 Å². The Morgan fingerprint density at radius 3 is 2.46 bits per heavy atom. The number of hydrogen-bond donors (Lipinski definition) is 2. The largest absolute Gasteiger partial charge is 0.366 e. The lowest BCUT2D eigenvalue weighted by Crippen LogP contribution is -2.10. The first-order valence-electron chi connectivity index (χ1n) is 8.10. The molecule has 0 aliphatic carbocycles. The lowest BCUT2D eigenvalue weighted by atomic mass is 10.1. The van der Waals surface area contributed by atoms with Gasteiger partial charge in [0.15, 0.2) is 0 Å². The van der Waals surface area contributed by atoms with Crippen LogP contribution in [0.2, 0.25) is 0 Å². The highest BCUT2D eigenvalue weighted by molar-refractivity contribution is 7.22. The van der Waals surface area contributed by atoms with Crippen LogP contribution < -0.4 is 11.1 Å². The summed E-state index contributed by atoms with van der Waals surface area (Å²) >= 11 is 1.66. The summed E-state index contributed by atoms with van der Waals surface area (Å²) in [7, 11) is 0. The molecule has 0 saturated heterocycles. The van der Waals surface area contributed by atoms with Gasteiger partial charge in [-0.05, 0) is 42.3 Å². The minimum atomic E-state index is -0.442. The number of thiophene rings is 1. The van der Waals surface area contributed by atoms with E-state index < -0.39 is 5.91 Å². The van der Waals surface area contributed by atoms with Gasteiger partial charge in [0.2, 0.25) is 5.91 Å². The normalized spacial score (nSPS) is 10.8. The quantitative estimate of drug-likeness (QED) is 0.561. The predicted molar refractivity (Wildman–Crippen MR) is 106 cm³/mol. The molecule has 0 atom stereocenters. The molecule has 0 spiro atoms. The Bertz CT molecular complexity index is 1090. The molecule has 0 saturated carbocycles. The van der Waals surface area contributed by atoms with Gasteiger partial charge in [-0.2, -0.15) is 0 Å². The second-order valence-corrected chi connectivity index (χ2v) is 6.89. The molecular formula is C20H16N4OS. The third kappa shape index (κ3) is 2.91. The molecule has 3 N–H and O–H groups in total. The number of carbonyl (C=O) groups excluding carboxylic acids is 1. The maximum absolute atomic E-state index is 11.2. The number of anilines is 2. The zero-order valence-corrected chi connectivity index (χ0v) is 14.9. The van der Waals surface area contributed by atoms with Crippen LogP contribution in [-0.2, 0) is 0 Å². The number of fused-ring (bicyclic) bond motifs is 1. The molecule has 1 amide bonds. The number of rotatable bonds is 4. The average Bonchev–Trinajstić information content (AvgIpc) is 3.01. The van der Waals surface area contributed by atoms with E-state index in [1.54, 1.807) is 29.8 Å². The number of amides is 1. The van der Waals surface area contributed by atoms with Crippen LogP contribution in [0.5, 0.6) is 0 Å². The van der Waals surface area contributed by atoms with Gasteiger partial charge in [-0.1, -0.05) is 30.3 Å². The number of nitrogens with zero attached hydrogens (tertiary/aromatic N) is 2. The van der Waals surface area contributed by atoms with Crippen molar-refractivity contribution in [1.82, 2.24) is 9.97 Å². The van der Waals surface area contributed by atoms with Crippen LogP contribution in [0.3, 0.4) is 0 Å². The standard InChI is InChI=1S/C20H16N4OS/c1-12-16-19(24-15-9-7-14(8-10-15)18(21)25)22-11-23-20(16)26-17(12)13-5-3-2-4-6-13/h2-11H,1H3,(H2,21,25)(H,22,23,24). The van der Waals surface area contributed by atoms with Gasteiger partial charge in [0.1, 0.15) is 17.0 Å². The van der Waals surface area contributed by atoms with Gasteiger partial charge < -0.3 is 11.1 Å². The summed E-state index contributed by atoms with van der Waals surface area (Å²) in [5.74, 6) is 0.305. The van der Waals surface area contributed by atoms with Gasteiger partial charge >= 0.3 is 0 Å². The molecule has 0 radical (unpaired) electrons. The van der Waals surface area contributed by atoms with Gasteiger partial charge in [0.05, 0.1) is 5.39 Å². The van der Waals surface area contributed by atoms with E-state index in [1.165, 1.54) is 10.4 Å². The number of hydrogen-bond acceptors (Lipinski definition) is 5. The second-order valence-electron chi connectivity index (χ2n) is 5.89. The topological polar surface area (TPSA) is 80.9 Å². The average molecular weight is 360 g/mol. The zero-order valence-electron chi connectivity index (χ0n) is 14.1.